The Kier molecular flexibility index (Phi) is 4.63. The second kappa shape index (κ2) is 5.76. The number of rotatable bonds is 6. The molecule has 0 saturated carbocycles. The lowest BCUT2D eigenvalue weighted by Gasteiger charge is -2.13. The van der Waals surface area contributed by atoms with Gasteiger partial charge in [0.15, 0.2) is 5.11 Å². The van der Waals surface area contributed by atoms with E-state index >= 15 is 0 Å². The monoisotopic (exact) mass is 246 g/mol. The molecule has 90 valence electrons. The molecule has 1 aliphatic heterocycles. The third-order valence-electron chi connectivity index (χ3n) is 2.27. The molecule has 1 atom stereocenters. The van der Waals surface area contributed by atoms with Crippen molar-refractivity contribution in [2.24, 2.45) is 0 Å². The molecule has 1 aliphatic rings. The topological polar surface area (TPSA) is 78.9 Å². The van der Waals surface area contributed by atoms with Crippen molar-refractivity contribution in [1.82, 2.24) is 10.2 Å². The van der Waals surface area contributed by atoms with E-state index in [2.05, 4.69) is 5.32 Å². The number of hydrogen-bond acceptors (Lipinski definition) is 4. The van der Waals surface area contributed by atoms with Crippen LogP contribution in [-0.4, -0.2) is 53.3 Å². The van der Waals surface area contributed by atoms with Gasteiger partial charge < -0.3 is 15.2 Å². The first-order chi connectivity index (χ1) is 7.56. The maximum absolute atomic E-state index is 11.8. The first kappa shape index (κ1) is 12.9. The number of thiocarbonyl (C=S) groups is 1. The first-order valence-electron chi connectivity index (χ1n) is 4.89. The highest BCUT2D eigenvalue weighted by molar-refractivity contribution is 7.80. The van der Waals surface area contributed by atoms with Gasteiger partial charge in [-0.1, -0.05) is 0 Å². The van der Waals surface area contributed by atoms with Crippen LogP contribution >= 0.6 is 12.2 Å². The van der Waals surface area contributed by atoms with E-state index in [1.54, 1.807) is 7.11 Å². The molecular formula is C9H14N2O4S. The van der Waals surface area contributed by atoms with Crippen LogP contribution < -0.4 is 5.32 Å². The van der Waals surface area contributed by atoms with Crippen LogP contribution in [0.15, 0.2) is 0 Å². The standard InChI is InChI=1S/C9H14N2O4S/c1-15-5-4-11-8(14)6(10-9(11)16)2-3-7(12)13/h6H,2-5H2,1H3,(H,10,16)(H,12,13)/t6-/m0/s1. The summed E-state index contributed by atoms with van der Waals surface area (Å²) in [5, 5.41) is 11.7. The van der Waals surface area contributed by atoms with Crippen molar-refractivity contribution in [3.63, 3.8) is 0 Å². The van der Waals surface area contributed by atoms with Crippen LogP contribution in [-0.2, 0) is 14.3 Å². The molecular weight excluding hydrogens is 232 g/mol. The largest absolute Gasteiger partial charge is 0.481 e. The number of carbonyl (C=O) groups is 2. The number of nitrogens with zero attached hydrogens (tertiary/aromatic N) is 1. The minimum Gasteiger partial charge on any atom is -0.481 e. The van der Waals surface area contributed by atoms with Crippen LogP contribution in [0.4, 0.5) is 0 Å². The average molecular weight is 246 g/mol. The minimum atomic E-state index is -0.921. The van der Waals surface area contributed by atoms with Gasteiger partial charge >= 0.3 is 5.97 Å². The van der Waals surface area contributed by atoms with Crippen LogP contribution in [0, 0.1) is 0 Å². The molecule has 0 aromatic heterocycles. The number of carboxylic acids is 1. The van der Waals surface area contributed by atoms with E-state index < -0.39 is 12.0 Å². The maximum Gasteiger partial charge on any atom is 0.303 e. The molecule has 6 nitrogen and oxygen atoms in total. The molecule has 0 aromatic rings. The van der Waals surface area contributed by atoms with E-state index in [1.165, 1.54) is 4.90 Å². The molecule has 7 heteroatoms. The Morgan fingerprint density at radius 2 is 2.38 bits per heavy atom. The minimum absolute atomic E-state index is 0.0515. The van der Waals surface area contributed by atoms with Crippen molar-refractivity contribution < 1.29 is 19.4 Å². The summed E-state index contributed by atoms with van der Waals surface area (Å²) in [6.07, 6.45) is 0.196. The zero-order valence-electron chi connectivity index (χ0n) is 8.93. The van der Waals surface area contributed by atoms with Crippen molar-refractivity contribution in [2.75, 3.05) is 20.3 Å². The normalized spacial score (nSPS) is 20.1. The Bertz CT molecular complexity index is 308. The summed E-state index contributed by atoms with van der Waals surface area (Å²) < 4.78 is 4.86. The van der Waals surface area contributed by atoms with Gasteiger partial charge in [0.05, 0.1) is 13.2 Å². The Morgan fingerprint density at radius 1 is 1.69 bits per heavy atom. The zero-order chi connectivity index (χ0) is 12.1. The van der Waals surface area contributed by atoms with Crippen molar-refractivity contribution in [3.05, 3.63) is 0 Å². The number of aliphatic carboxylic acids is 1. The van der Waals surface area contributed by atoms with Crippen molar-refractivity contribution in [1.29, 1.82) is 0 Å². The van der Waals surface area contributed by atoms with Gasteiger partial charge in [-0.05, 0) is 18.6 Å². The number of amides is 1. The fourth-order valence-corrected chi connectivity index (χ4v) is 1.76. The SMILES string of the molecule is COCCN1C(=O)[C@H](CCC(=O)O)NC1=S. The van der Waals surface area contributed by atoms with Crippen molar-refractivity contribution in [3.8, 4) is 0 Å². The Balaban J connectivity index is 2.49. The van der Waals surface area contributed by atoms with Gasteiger partial charge in [-0.15, -0.1) is 0 Å². The molecule has 16 heavy (non-hydrogen) atoms. The Morgan fingerprint density at radius 3 is 2.94 bits per heavy atom. The number of carbonyl (C=O) groups excluding carboxylic acids is 1. The van der Waals surface area contributed by atoms with Gasteiger partial charge in [-0.25, -0.2) is 0 Å². The van der Waals surface area contributed by atoms with E-state index in [-0.39, 0.29) is 18.7 Å². The molecule has 1 rings (SSSR count). The molecule has 0 aliphatic carbocycles. The fraction of sp³-hybridized carbons (Fsp3) is 0.667. The second-order valence-corrected chi connectivity index (χ2v) is 3.80. The van der Waals surface area contributed by atoms with Gasteiger partial charge in [-0.3, -0.25) is 14.5 Å². The van der Waals surface area contributed by atoms with Gasteiger partial charge in [0.1, 0.15) is 6.04 Å². The van der Waals surface area contributed by atoms with Crippen LogP contribution in [0.25, 0.3) is 0 Å². The average Bonchev–Trinajstić information content (AvgIpc) is 2.49. The fourth-order valence-electron chi connectivity index (χ4n) is 1.43. The summed E-state index contributed by atoms with van der Waals surface area (Å²) in [6.45, 7) is 0.796. The van der Waals surface area contributed by atoms with Gasteiger partial charge in [0.25, 0.3) is 5.91 Å². The predicted octanol–water partition coefficient (Wildman–Crippen LogP) is -0.417. The van der Waals surface area contributed by atoms with Crippen LogP contribution in [0.5, 0.6) is 0 Å². The summed E-state index contributed by atoms with van der Waals surface area (Å²) in [7, 11) is 1.54. The molecule has 2 N–H and O–H groups in total. The molecule has 1 saturated heterocycles. The lowest BCUT2D eigenvalue weighted by Crippen LogP contribution is -2.34. The number of ether oxygens (including phenoxy) is 1. The lowest BCUT2D eigenvalue weighted by atomic mass is 10.1. The van der Waals surface area contributed by atoms with E-state index in [4.69, 9.17) is 22.1 Å². The Labute approximate surface area is 98.6 Å². The van der Waals surface area contributed by atoms with Crippen LogP contribution in [0.3, 0.4) is 0 Å². The van der Waals surface area contributed by atoms with Gasteiger partial charge in [0, 0.05) is 13.5 Å². The third kappa shape index (κ3) is 3.14. The molecule has 0 unspecified atom stereocenters. The molecule has 0 spiro atoms. The van der Waals surface area contributed by atoms with E-state index in [0.29, 0.717) is 18.3 Å². The van der Waals surface area contributed by atoms with Gasteiger partial charge in [-0.2, -0.15) is 0 Å². The molecule has 1 heterocycles. The van der Waals surface area contributed by atoms with Crippen molar-refractivity contribution >= 4 is 29.2 Å². The third-order valence-corrected chi connectivity index (χ3v) is 2.61. The number of nitrogens with one attached hydrogen (secondary N) is 1. The summed E-state index contributed by atoms with van der Waals surface area (Å²) in [6, 6.07) is -0.513. The summed E-state index contributed by atoms with van der Waals surface area (Å²) in [5.74, 6) is -1.10. The highest BCUT2D eigenvalue weighted by Gasteiger charge is 2.34. The van der Waals surface area contributed by atoms with Crippen molar-refractivity contribution in [2.45, 2.75) is 18.9 Å². The molecule has 0 bridgehead atoms. The number of carboxylic acid groups (broad SMARTS) is 1. The Hall–Kier alpha value is -1.21. The smallest absolute Gasteiger partial charge is 0.303 e. The zero-order valence-corrected chi connectivity index (χ0v) is 9.75. The number of methoxy groups -OCH3 is 1. The lowest BCUT2D eigenvalue weighted by molar-refractivity contribution is -0.137. The highest BCUT2D eigenvalue weighted by atomic mass is 32.1. The summed E-state index contributed by atoms with van der Waals surface area (Å²) in [4.78, 5) is 23.6. The quantitative estimate of drug-likeness (QED) is 0.620. The molecule has 0 aromatic carbocycles. The maximum atomic E-state index is 11.8. The summed E-state index contributed by atoms with van der Waals surface area (Å²) in [5.41, 5.74) is 0. The highest BCUT2D eigenvalue weighted by Crippen LogP contribution is 2.11. The molecule has 1 fully saturated rings. The molecule has 0 radical (unpaired) electrons. The second-order valence-electron chi connectivity index (χ2n) is 3.42. The van der Waals surface area contributed by atoms with E-state index in [1.807, 2.05) is 0 Å². The predicted molar refractivity (Wildman–Crippen MR) is 60.0 cm³/mol. The van der Waals surface area contributed by atoms with Gasteiger partial charge in [0.2, 0.25) is 0 Å². The molecule has 1 amide bonds. The van der Waals surface area contributed by atoms with E-state index in [9.17, 15) is 9.59 Å². The number of hydrogen-bond donors (Lipinski definition) is 2. The van der Waals surface area contributed by atoms with Crippen LogP contribution in [0.2, 0.25) is 0 Å². The van der Waals surface area contributed by atoms with E-state index in [0.717, 1.165) is 0 Å². The van der Waals surface area contributed by atoms with Crippen LogP contribution in [0.1, 0.15) is 12.8 Å². The summed E-state index contributed by atoms with van der Waals surface area (Å²) >= 11 is 4.98. The first-order valence-corrected chi connectivity index (χ1v) is 5.29.